The quantitative estimate of drug-likeness (QED) is 0.646. The molecule has 2 aromatic heterocycles. The second-order valence-electron chi connectivity index (χ2n) is 7.24. The summed E-state index contributed by atoms with van der Waals surface area (Å²) in [5.74, 6) is 1.72. The lowest BCUT2D eigenvalue weighted by Gasteiger charge is -2.23. The molecule has 0 saturated carbocycles. The Labute approximate surface area is 181 Å². The summed E-state index contributed by atoms with van der Waals surface area (Å²) in [5, 5.41) is 4.17. The first-order chi connectivity index (χ1) is 15.2. The van der Waals surface area contributed by atoms with Crippen LogP contribution in [0.3, 0.4) is 0 Å². The normalized spacial score (nSPS) is 14.7. The van der Waals surface area contributed by atoms with Gasteiger partial charge in [-0.05, 0) is 30.7 Å². The molecular weight excluding hydrogens is 396 g/mol. The Morgan fingerprint density at radius 1 is 1.03 bits per heavy atom. The molecule has 0 radical (unpaired) electrons. The van der Waals surface area contributed by atoms with Gasteiger partial charge in [0, 0.05) is 43.7 Å². The van der Waals surface area contributed by atoms with Crippen molar-refractivity contribution in [2.24, 2.45) is 7.05 Å². The zero-order valence-corrected chi connectivity index (χ0v) is 17.6. The van der Waals surface area contributed by atoms with Crippen LogP contribution < -0.4 is 9.47 Å². The number of hydrogen-bond acceptors (Lipinski definition) is 6. The second-order valence-corrected chi connectivity index (χ2v) is 7.24. The van der Waals surface area contributed by atoms with Crippen LogP contribution in [0.15, 0.2) is 54.9 Å². The van der Waals surface area contributed by atoms with Crippen molar-refractivity contribution in [3.8, 4) is 17.4 Å². The maximum Gasteiger partial charge on any atom is 0.224 e. The van der Waals surface area contributed by atoms with Crippen LogP contribution in [0.2, 0.25) is 0 Å². The van der Waals surface area contributed by atoms with E-state index in [-0.39, 0.29) is 5.91 Å². The minimum Gasteiger partial charge on any atom is -0.487 e. The molecule has 4 rings (SSSR count). The highest BCUT2D eigenvalue weighted by atomic mass is 16.5. The molecule has 0 unspecified atom stereocenters. The standard InChI is InChI=1S/C23H26N4O4/c1-26-19(10-12-25-26)8-9-22(28)27-13-14-29-15-16-30-20-6-2-3-7-21(20)31-23-18(17-27)5-4-11-24-23/h2-7,10-12H,8-9,13-17H2,1H3. The van der Waals surface area contributed by atoms with Crippen molar-refractivity contribution < 1.29 is 19.0 Å². The van der Waals surface area contributed by atoms with Crippen LogP contribution in [0, 0.1) is 0 Å². The van der Waals surface area contributed by atoms with E-state index in [9.17, 15) is 4.79 Å². The molecular formula is C23H26N4O4. The Morgan fingerprint density at radius 3 is 2.74 bits per heavy atom. The van der Waals surface area contributed by atoms with Crippen molar-refractivity contribution in [2.45, 2.75) is 19.4 Å². The molecule has 162 valence electrons. The minimum absolute atomic E-state index is 0.0473. The van der Waals surface area contributed by atoms with Gasteiger partial charge >= 0.3 is 0 Å². The van der Waals surface area contributed by atoms with Crippen molar-refractivity contribution in [1.29, 1.82) is 0 Å². The van der Waals surface area contributed by atoms with Gasteiger partial charge in [-0.2, -0.15) is 5.10 Å². The molecule has 0 aliphatic carbocycles. The number of ether oxygens (including phenoxy) is 3. The van der Waals surface area contributed by atoms with Crippen molar-refractivity contribution in [1.82, 2.24) is 19.7 Å². The first kappa shape index (κ1) is 20.9. The lowest BCUT2D eigenvalue weighted by atomic mass is 10.2. The summed E-state index contributed by atoms with van der Waals surface area (Å²) in [7, 11) is 1.88. The number of amides is 1. The predicted octanol–water partition coefficient (Wildman–Crippen LogP) is 2.98. The molecule has 8 nitrogen and oxygen atoms in total. The van der Waals surface area contributed by atoms with Gasteiger partial charge in [-0.15, -0.1) is 0 Å². The number of benzene rings is 1. The van der Waals surface area contributed by atoms with Gasteiger partial charge in [-0.1, -0.05) is 18.2 Å². The average Bonchev–Trinajstić information content (AvgIpc) is 3.20. The van der Waals surface area contributed by atoms with E-state index in [0.29, 0.717) is 63.1 Å². The lowest BCUT2D eigenvalue weighted by Crippen LogP contribution is -2.34. The van der Waals surface area contributed by atoms with Gasteiger partial charge in [0.25, 0.3) is 0 Å². The third-order valence-electron chi connectivity index (χ3n) is 5.13. The largest absolute Gasteiger partial charge is 0.487 e. The monoisotopic (exact) mass is 422 g/mol. The van der Waals surface area contributed by atoms with E-state index < -0.39 is 0 Å². The number of para-hydroxylation sites is 2. The summed E-state index contributed by atoms with van der Waals surface area (Å²) < 4.78 is 19.4. The fourth-order valence-corrected chi connectivity index (χ4v) is 3.42. The molecule has 1 aromatic carbocycles. The zero-order valence-electron chi connectivity index (χ0n) is 17.6. The Hall–Kier alpha value is -3.39. The highest BCUT2D eigenvalue weighted by Crippen LogP contribution is 2.32. The summed E-state index contributed by atoms with van der Waals surface area (Å²) in [6.07, 6.45) is 4.44. The molecule has 3 heterocycles. The van der Waals surface area contributed by atoms with Gasteiger partial charge in [0.15, 0.2) is 11.5 Å². The van der Waals surface area contributed by atoms with Gasteiger partial charge in [0.2, 0.25) is 11.8 Å². The summed E-state index contributed by atoms with van der Waals surface area (Å²) in [4.78, 5) is 19.3. The average molecular weight is 422 g/mol. The van der Waals surface area contributed by atoms with Crippen LogP contribution in [-0.2, 0) is 29.5 Å². The van der Waals surface area contributed by atoms with Crippen molar-refractivity contribution in [2.75, 3.05) is 26.4 Å². The van der Waals surface area contributed by atoms with Gasteiger partial charge in [0.05, 0.1) is 19.8 Å². The van der Waals surface area contributed by atoms with Gasteiger partial charge in [-0.25, -0.2) is 4.98 Å². The number of fused-ring (bicyclic) bond motifs is 2. The van der Waals surface area contributed by atoms with Crippen molar-refractivity contribution in [3.05, 3.63) is 66.1 Å². The molecule has 0 fully saturated rings. The molecule has 1 aliphatic rings. The highest BCUT2D eigenvalue weighted by Gasteiger charge is 2.19. The number of carbonyl (C=O) groups excluding carboxylic acids is 1. The smallest absolute Gasteiger partial charge is 0.224 e. The first-order valence-electron chi connectivity index (χ1n) is 10.4. The SMILES string of the molecule is Cn1nccc1CCC(=O)N1CCOCCOc2ccccc2Oc2ncccc2C1. The highest BCUT2D eigenvalue weighted by molar-refractivity contribution is 5.76. The van der Waals surface area contributed by atoms with Crippen molar-refractivity contribution in [3.63, 3.8) is 0 Å². The van der Waals surface area contributed by atoms with Gasteiger partial charge < -0.3 is 19.1 Å². The maximum absolute atomic E-state index is 13.1. The summed E-state index contributed by atoms with van der Waals surface area (Å²) in [5.41, 5.74) is 1.85. The van der Waals surface area contributed by atoms with E-state index >= 15 is 0 Å². The number of aromatic nitrogens is 3. The van der Waals surface area contributed by atoms with Gasteiger partial charge in [0.1, 0.15) is 6.61 Å². The first-order valence-corrected chi connectivity index (χ1v) is 10.4. The third-order valence-corrected chi connectivity index (χ3v) is 5.13. The van der Waals surface area contributed by atoms with Crippen molar-refractivity contribution >= 4 is 5.91 Å². The molecule has 3 aromatic rings. The summed E-state index contributed by atoms with van der Waals surface area (Å²) >= 11 is 0. The van der Waals surface area contributed by atoms with Crippen LogP contribution in [0.1, 0.15) is 17.7 Å². The van der Waals surface area contributed by atoms with E-state index in [1.165, 1.54) is 0 Å². The van der Waals surface area contributed by atoms with E-state index in [2.05, 4.69) is 10.1 Å². The molecule has 1 amide bonds. The number of carbonyl (C=O) groups is 1. The number of hydrogen-bond donors (Lipinski definition) is 0. The molecule has 8 heteroatoms. The zero-order chi connectivity index (χ0) is 21.5. The van der Waals surface area contributed by atoms with E-state index in [4.69, 9.17) is 14.2 Å². The Balaban J connectivity index is 1.55. The predicted molar refractivity (Wildman–Crippen MR) is 114 cm³/mol. The molecule has 0 bridgehead atoms. The van der Waals surface area contributed by atoms with Crippen LogP contribution >= 0.6 is 0 Å². The van der Waals surface area contributed by atoms with Gasteiger partial charge in [-0.3, -0.25) is 9.48 Å². The van der Waals surface area contributed by atoms with E-state index in [1.807, 2.05) is 49.5 Å². The van der Waals surface area contributed by atoms with Crippen LogP contribution in [0.5, 0.6) is 17.4 Å². The molecule has 0 spiro atoms. The fourth-order valence-electron chi connectivity index (χ4n) is 3.42. The molecule has 1 aliphatic heterocycles. The van der Waals surface area contributed by atoms with E-state index in [0.717, 1.165) is 11.3 Å². The number of rotatable bonds is 3. The Bertz CT molecular complexity index is 1020. The maximum atomic E-state index is 13.1. The number of nitrogens with zero attached hydrogens (tertiary/aromatic N) is 4. The lowest BCUT2D eigenvalue weighted by molar-refractivity contribution is -0.132. The van der Waals surface area contributed by atoms with Crippen LogP contribution in [0.4, 0.5) is 0 Å². The summed E-state index contributed by atoms with van der Waals surface area (Å²) in [6.45, 7) is 2.12. The van der Waals surface area contributed by atoms with Crippen LogP contribution in [-0.4, -0.2) is 51.9 Å². The third kappa shape index (κ3) is 5.40. The molecule has 0 saturated heterocycles. The molecule has 0 atom stereocenters. The Kier molecular flexibility index (Phi) is 6.78. The minimum atomic E-state index is 0.0473. The summed E-state index contributed by atoms with van der Waals surface area (Å²) in [6, 6.07) is 13.2. The molecule has 0 N–H and O–H groups in total. The number of aryl methyl sites for hydroxylation is 2. The topological polar surface area (TPSA) is 78.7 Å². The second kappa shape index (κ2) is 10.1. The fraction of sp³-hybridized carbons (Fsp3) is 0.348. The van der Waals surface area contributed by atoms with Crippen LogP contribution in [0.25, 0.3) is 0 Å². The van der Waals surface area contributed by atoms with E-state index in [1.54, 1.807) is 22.0 Å². The number of pyridine rings is 1. The molecule has 31 heavy (non-hydrogen) atoms. The Morgan fingerprint density at radius 2 is 1.90 bits per heavy atom.